The summed E-state index contributed by atoms with van der Waals surface area (Å²) in [5.41, 5.74) is 5.82. The zero-order valence-corrected chi connectivity index (χ0v) is 33.4. The van der Waals surface area contributed by atoms with E-state index >= 15 is 0 Å². The van der Waals surface area contributed by atoms with E-state index in [0.29, 0.717) is 72.1 Å². The van der Waals surface area contributed by atoms with Crippen molar-refractivity contribution >= 4 is 63.1 Å². The molecule has 58 heavy (non-hydrogen) atoms. The number of hydrogen-bond acceptors (Lipinski definition) is 7. The molecule has 4 heterocycles. The van der Waals surface area contributed by atoms with Crippen molar-refractivity contribution in [3.63, 3.8) is 0 Å². The van der Waals surface area contributed by atoms with Crippen LogP contribution in [0.1, 0.15) is 53.8 Å². The molecular weight excluding hydrogens is 758 g/mol. The Morgan fingerprint density at radius 1 is 0.983 bits per heavy atom. The number of nitrogens with zero attached hydrogens (tertiary/aromatic N) is 4. The maximum atomic E-state index is 13.1. The van der Waals surface area contributed by atoms with Gasteiger partial charge in [0.2, 0.25) is 23.6 Å². The van der Waals surface area contributed by atoms with E-state index in [2.05, 4.69) is 56.0 Å². The highest BCUT2D eigenvalue weighted by Crippen LogP contribution is 2.35. The molecule has 3 N–H and O–H groups in total. The van der Waals surface area contributed by atoms with Crippen LogP contribution in [0.3, 0.4) is 0 Å². The fourth-order valence-electron chi connectivity index (χ4n) is 7.07. The number of ether oxygens (including phenoxy) is 1. The van der Waals surface area contributed by atoms with Gasteiger partial charge >= 0.3 is 0 Å². The lowest BCUT2D eigenvalue weighted by atomic mass is 10.0. The predicted molar refractivity (Wildman–Crippen MR) is 224 cm³/mol. The molecular formula is C44H46ClN7O6. The van der Waals surface area contributed by atoms with Crippen LogP contribution in [-0.2, 0) is 27.9 Å². The number of nitrogens with one attached hydrogen (secondary N) is 3. The number of carbonyl (C=O) groups excluding carboxylic acids is 4. The number of aromatic nitrogens is 3. The largest absolute Gasteiger partial charge is 0.445 e. The molecule has 3 aromatic carbocycles. The van der Waals surface area contributed by atoms with Gasteiger partial charge in [0.1, 0.15) is 18.1 Å². The topological polar surface area (TPSA) is 155 Å². The van der Waals surface area contributed by atoms with E-state index in [9.17, 15) is 19.2 Å². The molecule has 3 aromatic heterocycles. The second-order valence-electron chi connectivity index (χ2n) is 14.4. The summed E-state index contributed by atoms with van der Waals surface area (Å²) in [6.45, 7) is 7.15. The number of fused-ring (bicyclic) bond motifs is 2. The Kier molecular flexibility index (Phi) is 12.3. The summed E-state index contributed by atoms with van der Waals surface area (Å²) in [5.74, 6) is 0.758. The lowest BCUT2D eigenvalue weighted by molar-refractivity contribution is -0.133. The van der Waals surface area contributed by atoms with Crippen LogP contribution >= 0.6 is 11.6 Å². The summed E-state index contributed by atoms with van der Waals surface area (Å²) in [4.78, 5) is 60.7. The Morgan fingerprint density at radius 2 is 1.79 bits per heavy atom. The Labute approximate surface area is 341 Å². The van der Waals surface area contributed by atoms with Gasteiger partial charge in [0, 0.05) is 80.4 Å². The highest BCUT2D eigenvalue weighted by Gasteiger charge is 2.28. The number of rotatable bonds is 16. The van der Waals surface area contributed by atoms with E-state index in [-0.39, 0.29) is 36.6 Å². The van der Waals surface area contributed by atoms with Crippen molar-refractivity contribution < 1.29 is 28.3 Å². The molecule has 0 spiro atoms. The summed E-state index contributed by atoms with van der Waals surface area (Å²) in [6, 6.07) is 21.3. The Bertz CT molecular complexity index is 2500. The van der Waals surface area contributed by atoms with Crippen molar-refractivity contribution in [3.05, 3.63) is 107 Å². The van der Waals surface area contributed by atoms with E-state index < -0.39 is 0 Å². The van der Waals surface area contributed by atoms with Crippen LogP contribution in [0, 0.1) is 6.92 Å². The normalized spacial score (nSPS) is 13.0. The van der Waals surface area contributed by atoms with Gasteiger partial charge < -0.3 is 34.2 Å². The first-order chi connectivity index (χ1) is 28.1. The fraction of sp³-hybridized carbons (Fsp3) is 0.295. The van der Waals surface area contributed by atoms with Crippen molar-refractivity contribution in [1.29, 1.82) is 0 Å². The minimum absolute atomic E-state index is 0.0267. The van der Waals surface area contributed by atoms with E-state index in [4.69, 9.17) is 20.8 Å². The molecule has 0 atom stereocenters. The molecule has 1 aliphatic rings. The predicted octanol–water partition coefficient (Wildman–Crippen LogP) is 7.47. The van der Waals surface area contributed by atoms with Gasteiger partial charge in [0.05, 0.1) is 16.1 Å². The second kappa shape index (κ2) is 17.9. The highest BCUT2D eigenvalue weighted by atomic mass is 35.5. The minimum Gasteiger partial charge on any atom is -0.445 e. The van der Waals surface area contributed by atoms with Crippen LogP contribution in [0.15, 0.2) is 90.0 Å². The lowest BCUT2D eigenvalue weighted by Gasteiger charge is -2.32. The number of benzene rings is 3. The van der Waals surface area contributed by atoms with Crippen LogP contribution in [-0.4, -0.2) is 75.8 Å². The zero-order chi connectivity index (χ0) is 40.8. The molecule has 1 aliphatic heterocycles. The highest BCUT2D eigenvalue weighted by molar-refractivity contribution is 6.34. The van der Waals surface area contributed by atoms with E-state index in [1.807, 2.05) is 44.4 Å². The molecule has 1 fully saturated rings. The van der Waals surface area contributed by atoms with Gasteiger partial charge in [0.25, 0.3) is 11.9 Å². The van der Waals surface area contributed by atoms with Crippen molar-refractivity contribution in [2.45, 2.75) is 45.4 Å². The maximum Gasteiger partial charge on any atom is 0.300 e. The van der Waals surface area contributed by atoms with Crippen molar-refractivity contribution in [2.24, 2.45) is 7.05 Å². The number of aromatic amines is 1. The van der Waals surface area contributed by atoms with Gasteiger partial charge in [-0.1, -0.05) is 43.2 Å². The van der Waals surface area contributed by atoms with Crippen molar-refractivity contribution in [1.82, 2.24) is 30.1 Å². The van der Waals surface area contributed by atoms with Gasteiger partial charge in [-0.05, 0) is 85.5 Å². The molecule has 0 saturated carbocycles. The molecule has 4 amide bonds. The number of aryl methyl sites for hydroxylation is 3. The molecule has 0 aliphatic carbocycles. The molecule has 0 bridgehead atoms. The van der Waals surface area contributed by atoms with Gasteiger partial charge in [-0.25, -0.2) is 0 Å². The standard InChI is InChI=1S/C44H46ClN7O6/c1-4-40(54)51-21-22-52(41(55)27-51)42-16-13-31(57-42)12-15-39(53)46-18-7-5-6-8-19-47-43(56)33-24-32(11-9-28(33)2)58-44-48-36-25-34(35(45)26-37(36)49-44)29-10-14-38-30(23-29)17-20-50(38)3/h4,9-11,13-14,16-17,20,23-26H,1,5-8,12,15,18-19,21-22,27H2,2-3H3,(H,46,53)(H,47,56)(H,48,49). The van der Waals surface area contributed by atoms with Gasteiger partial charge in [-0.3, -0.25) is 24.1 Å². The maximum absolute atomic E-state index is 13.1. The van der Waals surface area contributed by atoms with E-state index in [1.165, 1.54) is 15.9 Å². The van der Waals surface area contributed by atoms with E-state index in [0.717, 1.165) is 58.8 Å². The third-order valence-electron chi connectivity index (χ3n) is 10.3. The van der Waals surface area contributed by atoms with Gasteiger partial charge in [0.15, 0.2) is 0 Å². The number of carbonyl (C=O) groups is 4. The summed E-state index contributed by atoms with van der Waals surface area (Å²) < 4.78 is 14.0. The first-order valence-corrected chi connectivity index (χ1v) is 19.8. The average molecular weight is 804 g/mol. The minimum atomic E-state index is -0.274. The number of imidazole rings is 1. The molecule has 13 nitrogen and oxygen atoms in total. The van der Waals surface area contributed by atoms with Gasteiger partial charge in [-0.2, -0.15) is 4.98 Å². The van der Waals surface area contributed by atoms with Crippen LogP contribution in [0.4, 0.5) is 5.88 Å². The van der Waals surface area contributed by atoms with Crippen LogP contribution in [0.5, 0.6) is 11.8 Å². The number of furan rings is 1. The smallest absolute Gasteiger partial charge is 0.300 e. The number of piperazine rings is 1. The summed E-state index contributed by atoms with van der Waals surface area (Å²) in [5, 5.41) is 7.69. The summed E-state index contributed by atoms with van der Waals surface area (Å²) in [7, 11) is 2.02. The first-order valence-electron chi connectivity index (χ1n) is 19.4. The third-order valence-corrected chi connectivity index (χ3v) is 10.7. The molecule has 300 valence electrons. The van der Waals surface area contributed by atoms with Crippen LogP contribution < -0.4 is 20.3 Å². The number of hydrogen-bond donors (Lipinski definition) is 3. The number of amides is 4. The number of anilines is 1. The molecule has 14 heteroatoms. The molecule has 1 saturated heterocycles. The van der Waals surface area contributed by atoms with Gasteiger partial charge in [-0.15, -0.1) is 0 Å². The average Bonchev–Trinajstić information content (AvgIpc) is 3.96. The summed E-state index contributed by atoms with van der Waals surface area (Å²) in [6.07, 6.45) is 7.35. The number of unbranched alkanes of at least 4 members (excludes halogenated alkanes) is 3. The fourth-order valence-corrected chi connectivity index (χ4v) is 7.34. The Hall–Kier alpha value is -6.34. The quantitative estimate of drug-likeness (QED) is 0.0678. The molecule has 7 rings (SSSR count). The van der Waals surface area contributed by atoms with Crippen molar-refractivity contribution in [3.8, 4) is 22.9 Å². The summed E-state index contributed by atoms with van der Waals surface area (Å²) >= 11 is 6.72. The number of H-pyrrole nitrogens is 1. The lowest BCUT2D eigenvalue weighted by Crippen LogP contribution is -2.52. The monoisotopic (exact) mass is 803 g/mol. The Morgan fingerprint density at radius 3 is 2.59 bits per heavy atom. The van der Waals surface area contributed by atoms with Crippen molar-refractivity contribution in [2.75, 3.05) is 37.6 Å². The van der Waals surface area contributed by atoms with Crippen LogP contribution in [0.25, 0.3) is 33.1 Å². The zero-order valence-electron chi connectivity index (χ0n) is 32.6. The third kappa shape index (κ3) is 9.26. The SMILES string of the molecule is C=CC(=O)N1CCN(c2ccc(CCC(=O)NCCCCCCNC(=O)c3cc(Oc4nc5cc(-c6ccc7c(ccn7C)c6)c(Cl)cc5[nH]4)ccc3C)o2)C(=O)C1. The second-order valence-corrected chi connectivity index (χ2v) is 14.8. The van der Waals surface area contributed by atoms with Crippen LogP contribution in [0.2, 0.25) is 5.02 Å². The molecule has 6 aromatic rings. The molecule has 0 unspecified atom stereocenters. The number of halogens is 1. The van der Waals surface area contributed by atoms with E-state index in [1.54, 1.807) is 18.2 Å². The molecule has 0 radical (unpaired) electrons. The first kappa shape index (κ1) is 39.9. The Balaban J connectivity index is 0.805.